The SMILES string of the molecule is CCOCCSc1nc2ccccc2c(=O)n1CCC1=CCCCC1. The lowest BCUT2D eigenvalue weighted by Gasteiger charge is -2.16. The number of ether oxygens (including phenoxy) is 1. The summed E-state index contributed by atoms with van der Waals surface area (Å²) in [5.41, 5.74) is 2.33. The normalized spacial score (nSPS) is 14.7. The Kier molecular flexibility index (Phi) is 6.70. The monoisotopic (exact) mass is 358 g/mol. The summed E-state index contributed by atoms with van der Waals surface area (Å²) in [6, 6.07) is 7.62. The van der Waals surface area contributed by atoms with Crippen LogP contribution >= 0.6 is 11.8 Å². The van der Waals surface area contributed by atoms with E-state index in [1.54, 1.807) is 11.8 Å². The van der Waals surface area contributed by atoms with Crippen LogP contribution in [0.25, 0.3) is 10.9 Å². The van der Waals surface area contributed by atoms with E-state index in [4.69, 9.17) is 9.72 Å². The molecule has 1 heterocycles. The summed E-state index contributed by atoms with van der Waals surface area (Å²) in [6.07, 6.45) is 8.20. The van der Waals surface area contributed by atoms with Crippen LogP contribution in [-0.4, -0.2) is 28.5 Å². The molecule has 0 atom stereocenters. The van der Waals surface area contributed by atoms with Gasteiger partial charge in [-0.15, -0.1) is 0 Å². The van der Waals surface area contributed by atoms with Gasteiger partial charge >= 0.3 is 0 Å². The molecule has 1 aromatic carbocycles. The van der Waals surface area contributed by atoms with E-state index in [0.29, 0.717) is 25.1 Å². The van der Waals surface area contributed by atoms with Crippen LogP contribution in [0.2, 0.25) is 0 Å². The lowest BCUT2D eigenvalue weighted by Crippen LogP contribution is -2.24. The number of rotatable bonds is 8. The molecular weight excluding hydrogens is 332 g/mol. The van der Waals surface area contributed by atoms with Gasteiger partial charge in [0.25, 0.3) is 5.56 Å². The fourth-order valence-corrected chi connectivity index (χ4v) is 4.06. The van der Waals surface area contributed by atoms with Crippen molar-refractivity contribution in [1.29, 1.82) is 0 Å². The molecule has 2 aromatic rings. The van der Waals surface area contributed by atoms with Crippen molar-refractivity contribution in [3.63, 3.8) is 0 Å². The van der Waals surface area contributed by atoms with Gasteiger partial charge in [-0.25, -0.2) is 4.98 Å². The molecule has 0 bridgehead atoms. The van der Waals surface area contributed by atoms with Gasteiger partial charge in [-0.3, -0.25) is 9.36 Å². The lowest BCUT2D eigenvalue weighted by atomic mass is 9.97. The molecule has 0 spiro atoms. The van der Waals surface area contributed by atoms with Crippen molar-refractivity contribution in [2.75, 3.05) is 19.0 Å². The van der Waals surface area contributed by atoms with Gasteiger partial charge in [0.05, 0.1) is 17.5 Å². The Bertz CT molecular complexity index is 798. The highest BCUT2D eigenvalue weighted by molar-refractivity contribution is 7.99. The molecule has 134 valence electrons. The molecule has 1 aliphatic carbocycles. The molecule has 0 amide bonds. The third kappa shape index (κ3) is 4.73. The lowest BCUT2D eigenvalue weighted by molar-refractivity contribution is 0.164. The van der Waals surface area contributed by atoms with Crippen LogP contribution in [0, 0.1) is 0 Å². The average molecular weight is 359 g/mol. The molecule has 1 aromatic heterocycles. The van der Waals surface area contributed by atoms with Crippen molar-refractivity contribution in [1.82, 2.24) is 9.55 Å². The van der Waals surface area contributed by atoms with Crippen LogP contribution in [0.15, 0.2) is 45.9 Å². The van der Waals surface area contributed by atoms with Crippen LogP contribution in [-0.2, 0) is 11.3 Å². The first-order chi connectivity index (χ1) is 12.3. The maximum absolute atomic E-state index is 13.0. The summed E-state index contributed by atoms with van der Waals surface area (Å²) >= 11 is 1.61. The van der Waals surface area contributed by atoms with E-state index >= 15 is 0 Å². The second kappa shape index (κ2) is 9.20. The van der Waals surface area contributed by atoms with Gasteiger partial charge < -0.3 is 4.74 Å². The highest BCUT2D eigenvalue weighted by Crippen LogP contribution is 2.22. The minimum atomic E-state index is 0.0703. The first-order valence-corrected chi connectivity index (χ1v) is 10.2. The topological polar surface area (TPSA) is 44.1 Å². The Morgan fingerprint density at radius 1 is 1.28 bits per heavy atom. The van der Waals surface area contributed by atoms with Gasteiger partial charge in [0, 0.05) is 18.9 Å². The van der Waals surface area contributed by atoms with Crippen LogP contribution in [0.3, 0.4) is 0 Å². The van der Waals surface area contributed by atoms with Crippen LogP contribution < -0.4 is 5.56 Å². The summed E-state index contributed by atoms with van der Waals surface area (Å²) in [7, 11) is 0. The van der Waals surface area contributed by atoms with E-state index < -0.39 is 0 Å². The van der Waals surface area contributed by atoms with Gasteiger partial charge in [0.1, 0.15) is 0 Å². The fraction of sp³-hybridized carbons (Fsp3) is 0.500. The largest absolute Gasteiger partial charge is 0.381 e. The molecule has 0 radical (unpaired) electrons. The number of aromatic nitrogens is 2. The molecule has 4 nitrogen and oxygen atoms in total. The minimum Gasteiger partial charge on any atom is -0.381 e. The van der Waals surface area contributed by atoms with Crippen LogP contribution in [0.5, 0.6) is 0 Å². The standard InChI is InChI=1S/C20H26N2O2S/c1-2-24-14-15-25-20-21-18-11-7-6-10-17(18)19(23)22(20)13-12-16-8-4-3-5-9-16/h6-8,10-11H,2-5,9,12-15H2,1H3. The van der Waals surface area contributed by atoms with Crippen molar-refractivity contribution in [3.8, 4) is 0 Å². The molecular formula is C20H26N2O2S. The number of benzene rings is 1. The summed E-state index contributed by atoms with van der Waals surface area (Å²) in [5.74, 6) is 0.807. The zero-order valence-electron chi connectivity index (χ0n) is 14.9. The van der Waals surface area contributed by atoms with E-state index in [9.17, 15) is 4.79 Å². The van der Waals surface area contributed by atoms with Gasteiger partial charge in [0.15, 0.2) is 5.16 Å². The molecule has 0 saturated heterocycles. The van der Waals surface area contributed by atoms with Crippen molar-refractivity contribution in [2.45, 2.75) is 50.7 Å². The third-order valence-electron chi connectivity index (χ3n) is 4.53. The highest BCUT2D eigenvalue weighted by atomic mass is 32.2. The maximum atomic E-state index is 13.0. The molecule has 0 aliphatic heterocycles. The second-order valence-electron chi connectivity index (χ2n) is 6.27. The number of nitrogens with zero attached hydrogens (tertiary/aromatic N) is 2. The molecule has 3 rings (SSSR count). The van der Waals surface area contributed by atoms with Crippen LogP contribution in [0.4, 0.5) is 0 Å². The Labute approximate surface area is 153 Å². The summed E-state index contributed by atoms with van der Waals surface area (Å²) in [4.78, 5) is 17.7. The number of hydrogen-bond donors (Lipinski definition) is 0. The smallest absolute Gasteiger partial charge is 0.262 e. The van der Waals surface area contributed by atoms with Crippen molar-refractivity contribution < 1.29 is 4.74 Å². The Morgan fingerprint density at radius 2 is 2.16 bits per heavy atom. The van der Waals surface area contributed by atoms with Gasteiger partial charge in [0.2, 0.25) is 0 Å². The maximum Gasteiger partial charge on any atom is 0.262 e. The van der Waals surface area contributed by atoms with Crippen molar-refractivity contribution in [3.05, 3.63) is 46.3 Å². The van der Waals surface area contributed by atoms with Gasteiger partial charge in [-0.05, 0) is 51.2 Å². The Morgan fingerprint density at radius 3 is 2.96 bits per heavy atom. The van der Waals surface area contributed by atoms with Gasteiger partial charge in [-0.2, -0.15) is 0 Å². The van der Waals surface area contributed by atoms with Crippen molar-refractivity contribution in [2.24, 2.45) is 0 Å². The Hall–Kier alpha value is -1.59. The Balaban J connectivity index is 1.85. The average Bonchev–Trinajstić information content (AvgIpc) is 2.66. The van der Waals surface area contributed by atoms with E-state index in [1.165, 1.54) is 31.3 Å². The number of fused-ring (bicyclic) bond motifs is 1. The fourth-order valence-electron chi connectivity index (χ4n) is 3.18. The highest BCUT2D eigenvalue weighted by Gasteiger charge is 2.12. The van der Waals surface area contributed by atoms with Crippen LogP contribution in [0.1, 0.15) is 39.0 Å². The van der Waals surface area contributed by atoms with E-state index in [2.05, 4.69) is 6.08 Å². The third-order valence-corrected chi connectivity index (χ3v) is 5.47. The molecule has 0 saturated carbocycles. The first kappa shape index (κ1) is 18.2. The number of para-hydroxylation sites is 1. The second-order valence-corrected chi connectivity index (χ2v) is 7.33. The molecule has 25 heavy (non-hydrogen) atoms. The quantitative estimate of drug-likeness (QED) is 0.303. The molecule has 5 heteroatoms. The number of hydrogen-bond acceptors (Lipinski definition) is 4. The predicted molar refractivity (Wildman–Crippen MR) is 104 cm³/mol. The summed E-state index contributed by atoms with van der Waals surface area (Å²) < 4.78 is 7.28. The number of thioether (sulfide) groups is 1. The number of allylic oxidation sites excluding steroid dienone is 2. The minimum absolute atomic E-state index is 0.0703. The van der Waals surface area contributed by atoms with Gasteiger partial charge in [-0.1, -0.05) is 35.5 Å². The molecule has 1 aliphatic rings. The first-order valence-electron chi connectivity index (χ1n) is 9.17. The molecule has 0 unspecified atom stereocenters. The van der Waals surface area contributed by atoms with E-state index in [1.807, 2.05) is 35.8 Å². The zero-order chi connectivity index (χ0) is 17.5. The van der Waals surface area contributed by atoms with E-state index in [0.717, 1.165) is 22.8 Å². The van der Waals surface area contributed by atoms with Crippen molar-refractivity contribution >= 4 is 22.7 Å². The molecule has 0 N–H and O–H groups in total. The summed E-state index contributed by atoms with van der Waals surface area (Å²) in [6.45, 7) is 4.09. The predicted octanol–water partition coefficient (Wildman–Crippen LogP) is 4.42. The molecule has 0 fully saturated rings. The summed E-state index contributed by atoms with van der Waals surface area (Å²) in [5, 5.41) is 1.51. The zero-order valence-corrected chi connectivity index (χ0v) is 15.7. The van der Waals surface area contributed by atoms with E-state index in [-0.39, 0.29) is 5.56 Å².